The predicted octanol–water partition coefficient (Wildman–Crippen LogP) is 2.65. The van der Waals surface area contributed by atoms with Gasteiger partial charge in [0.1, 0.15) is 12.0 Å². The van der Waals surface area contributed by atoms with Crippen molar-refractivity contribution >= 4 is 11.0 Å². The van der Waals surface area contributed by atoms with E-state index in [4.69, 9.17) is 0 Å². The van der Waals surface area contributed by atoms with E-state index in [-0.39, 0.29) is 0 Å². The van der Waals surface area contributed by atoms with E-state index in [1.165, 1.54) is 11.1 Å². The molecule has 0 aliphatic carbocycles. The minimum Gasteiger partial charge on any atom is -0.346 e. The van der Waals surface area contributed by atoms with Crippen LogP contribution < -0.4 is 5.32 Å². The number of hydrogen-bond acceptors (Lipinski definition) is 3. The Hall–Kier alpha value is -2.20. The summed E-state index contributed by atoms with van der Waals surface area (Å²) in [6.07, 6.45) is 3.60. The number of aromatic nitrogens is 3. The number of fused-ring (bicyclic) bond motifs is 1. The van der Waals surface area contributed by atoms with E-state index in [2.05, 4.69) is 51.5 Å². The first-order valence-electron chi connectivity index (χ1n) is 6.32. The fourth-order valence-electron chi connectivity index (χ4n) is 2.29. The van der Waals surface area contributed by atoms with Crippen LogP contribution >= 0.6 is 0 Å². The quantitative estimate of drug-likeness (QED) is 0.753. The maximum absolute atomic E-state index is 4.46. The summed E-state index contributed by atoms with van der Waals surface area (Å²) >= 11 is 0. The summed E-state index contributed by atoms with van der Waals surface area (Å²) < 4.78 is 0. The van der Waals surface area contributed by atoms with Crippen LogP contribution in [0.4, 0.5) is 0 Å². The number of hydrogen-bond donors (Lipinski definition) is 2. The summed E-state index contributed by atoms with van der Waals surface area (Å²) in [5.41, 5.74) is 5.43. The maximum Gasteiger partial charge on any atom is 0.141 e. The summed E-state index contributed by atoms with van der Waals surface area (Å²) in [6, 6.07) is 8.42. The number of H-pyrrole nitrogens is 1. The SMILES string of the molecule is CNCc1c[nH]c2ncnc(-c3ccc(C)cc3)c12. The number of aromatic amines is 1. The molecule has 2 heterocycles. The molecule has 0 aliphatic rings. The van der Waals surface area contributed by atoms with Gasteiger partial charge in [-0.2, -0.15) is 0 Å². The fourth-order valence-corrected chi connectivity index (χ4v) is 2.29. The highest BCUT2D eigenvalue weighted by Gasteiger charge is 2.11. The van der Waals surface area contributed by atoms with E-state index < -0.39 is 0 Å². The van der Waals surface area contributed by atoms with Crippen molar-refractivity contribution < 1.29 is 0 Å². The van der Waals surface area contributed by atoms with Crippen LogP contribution in [0.2, 0.25) is 0 Å². The maximum atomic E-state index is 4.46. The zero-order valence-electron chi connectivity index (χ0n) is 11.1. The summed E-state index contributed by atoms with van der Waals surface area (Å²) in [5.74, 6) is 0. The molecular formula is C15H16N4. The molecule has 0 spiro atoms. The van der Waals surface area contributed by atoms with E-state index in [1.807, 2.05) is 13.2 Å². The van der Waals surface area contributed by atoms with Crippen LogP contribution in [0.1, 0.15) is 11.1 Å². The lowest BCUT2D eigenvalue weighted by Crippen LogP contribution is -2.04. The Morgan fingerprint density at radius 2 is 1.95 bits per heavy atom. The fraction of sp³-hybridized carbons (Fsp3) is 0.200. The van der Waals surface area contributed by atoms with E-state index in [0.717, 1.165) is 28.8 Å². The van der Waals surface area contributed by atoms with Gasteiger partial charge in [-0.05, 0) is 19.5 Å². The van der Waals surface area contributed by atoms with Gasteiger partial charge in [-0.3, -0.25) is 0 Å². The van der Waals surface area contributed by atoms with Gasteiger partial charge < -0.3 is 10.3 Å². The molecule has 0 fully saturated rings. The number of aryl methyl sites for hydroxylation is 1. The number of nitrogens with zero attached hydrogens (tertiary/aromatic N) is 2. The molecule has 0 saturated carbocycles. The van der Waals surface area contributed by atoms with Gasteiger partial charge in [0.15, 0.2) is 0 Å². The summed E-state index contributed by atoms with van der Waals surface area (Å²) in [7, 11) is 1.94. The van der Waals surface area contributed by atoms with Gasteiger partial charge in [0.25, 0.3) is 0 Å². The van der Waals surface area contributed by atoms with Gasteiger partial charge in [0.2, 0.25) is 0 Å². The van der Waals surface area contributed by atoms with Gasteiger partial charge in [-0.15, -0.1) is 0 Å². The monoisotopic (exact) mass is 252 g/mol. The second-order valence-corrected chi connectivity index (χ2v) is 4.66. The third-order valence-electron chi connectivity index (χ3n) is 3.24. The second kappa shape index (κ2) is 4.82. The first-order chi connectivity index (χ1) is 9.29. The molecule has 3 rings (SSSR count). The van der Waals surface area contributed by atoms with E-state index >= 15 is 0 Å². The molecule has 0 atom stereocenters. The van der Waals surface area contributed by atoms with Crippen LogP contribution in [-0.4, -0.2) is 22.0 Å². The molecular weight excluding hydrogens is 236 g/mol. The molecule has 4 nitrogen and oxygen atoms in total. The van der Waals surface area contributed by atoms with E-state index in [0.29, 0.717) is 0 Å². The minimum absolute atomic E-state index is 0.798. The second-order valence-electron chi connectivity index (χ2n) is 4.66. The molecule has 3 aromatic rings. The molecule has 0 bridgehead atoms. The Kier molecular flexibility index (Phi) is 3.01. The minimum atomic E-state index is 0.798. The van der Waals surface area contributed by atoms with Crippen molar-refractivity contribution in [3.8, 4) is 11.3 Å². The first-order valence-corrected chi connectivity index (χ1v) is 6.32. The Labute approximate surface area is 111 Å². The standard InChI is InChI=1S/C15H16N4/c1-10-3-5-11(6-4-10)14-13-12(7-16-2)8-17-15(13)19-9-18-14/h3-6,8-9,16H,7H2,1-2H3,(H,17,18,19). The van der Waals surface area contributed by atoms with Crippen molar-refractivity contribution in [2.75, 3.05) is 7.05 Å². The topological polar surface area (TPSA) is 53.6 Å². The van der Waals surface area contributed by atoms with Gasteiger partial charge in [0.05, 0.1) is 5.69 Å². The molecule has 19 heavy (non-hydrogen) atoms. The van der Waals surface area contributed by atoms with Crippen LogP contribution in [-0.2, 0) is 6.54 Å². The number of benzene rings is 1. The lowest BCUT2D eigenvalue weighted by Gasteiger charge is -2.05. The summed E-state index contributed by atoms with van der Waals surface area (Å²) in [4.78, 5) is 12.0. The summed E-state index contributed by atoms with van der Waals surface area (Å²) in [5, 5.41) is 4.27. The molecule has 0 amide bonds. The molecule has 0 unspecified atom stereocenters. The molecule has 2 N–H and O–H groups in total. The van der Waals surface area contributed by atoms with Crippen LogP contribution in [0.25, 0.3) is 22.3 Å². The Balaban J connectivity index is 2.22. The van der Waals surface area contributed by atoms with Gasteiger partial charge >= 0.3 is 0 Å². The Morgan fingerprint density at radius 1 is 1.16 bits per heavy atom. The van der Waals surface area contributed by atoms with Crippen LogP contribution in [0.15, 0.2) is 36.8 Å². The van der Waals surface area contributed by atoms with Crippen molar-refractivity contribution in [2.45, 2.75) is 13.5 Å². The lowest BCUT2D eigenvalue weighted by atomic mass is 10.1. The summed E-state index contributed by atoms with van der Waals surface area (Å²) in [6.45, 7) is 2.88. The first kappa shape index (κ1) is 11.9. The molecule has 0 saturated heterocycles. The average molecular weight is 252 g/mol. The Bertz CT molecular complexity index is 698. The van der Waals surface area contributed by atoms with Crippen molar-refractivity contribution in [1.82, 2.24) is 20.3 Å². The Morgan fingerprint density at radius 3 is 2.68 bits per heavy atom. The van der Waals surface area contributed by atoms with Gasteiger partial charge in [0, 0.05) is 23.7 Å². The number of nitrogens with one attached hydrogen (secondary N) is 2. The van der Waals surface area contributed by atoms with Crippen molar-refractivity contribution in [2.24, 2.45) is 0 Å². The number of rotatable bonds is 3. The highest BCUT2D eigenvalue weighted by atomic mass is 14.9. The molecule has 4 heteroatoms. The predicted molar refractivity (Wildman–Crippen MR) is 76.8 cm³/mol. The molecule has 0 aliphatic heterocycles. The normalized spacial score (nSPS) is 11.1. The van der Waals surface area contributed by atoms with Gasteiger partial charge in [-0.1, -0.05) is 29.8 Å². The van der Waals surface area contributed by atoms with Gasteiger partial charge in [-0.25, -0.2) is 9.97 Å². The van der Waals surface area contributed by atoms with Crippen LogP contribution in [0.5, 0.6) is 0 Å². The largest absolute Gasteiger partial charge is 0.346 e. The highest BCUT2D eigenvalue weighted by molar-refractivity contribution is 5.93. The van der Waals surface area contributed by atoms with Crippen molar-refractivity contribution in [1.29, 1.82) is 0 Å². The van der Waals surface area contributed by atoms with E-state index in [9.17, 15) is 0 Å². The third-order valence-corrected chi connectivity index (χ3v) is 3.24. The lowest BCUT2D eigenvalue weighted by molar-refractivity contribution is 0.823. The molecule has 96 valence electrons. The smallest absolute Gasteiger partial charge is 0.141 e. The zero-order chi connectivity index (χ0) is 13.2. The molecule has 1 aromatic carbocycles. The zero-order valence-corrected chi connectivity index (χ0v) is 11.1. The van der Waals surface area contributed by atoms with Crippen LogP contribution in [0.3, 0.4) is 0 Å². The van der Waals surface area contributed by atoms with Crippen molar-refractivity contribution in [3.63, 3.8) is 0 Å². The molecule has 0 radical (unpaired) electrons. The highest BCUT2D eigenvalue weighted by Crippen LogP contribution is 2.28. The van der Waals surface area contributed by atoms with E-state index in [1.54, 1.807) is 6.33 Å². The average Bonchev–Trinajstić information content (AvgIpc) is 2.84. The van der Waals surface area contributed by atoms with Crippen LogP contribution in [0, 0.1) is 6.92 Å². The third kappa shape index (κ3) is 2.11. The molecule has 2 aromatic heterocycles. The van der Waals surface area contributed by atoms with Crippen molar-refractivity contribution in [3.05, 3.63) is 47.9 Å².